The van der Waals surface area contributed by atoms with E-state index in [2.05, 4.69) is 26.6 Å². The molecule has 0 radical (unpaired) electrons. The number of ether oxygens (including phenoxy) is 1. The molecular formula is C22H18N4O2S2. The van der Waals surface area contributed by atoms with Crippen LogP contribution in [0.5, 0.6) is 5.75 Å². The van der Waals surface area contributed by atoms with Gasteiger partial charge in [0.15, 0.2) is 4.34 Å². The summed E-state index contributed by atoms with van der Waals surface area (Å²) in [5.41, 5.74) is 5.88. The fraction of sp³-hybridized carbons (Fsp3) is 0.0909. The van der Waals surface area contributed by atoms with E-state index in [1.54, 1.807) is 54.8 Å². The van der Waals surface area contributed by atoms with Gasteiger partial charge in [0.05, 0.1) is 29.1 Å². The van der Waals surface area contributed by atoms with Crippen LogP contribution in [0.2, 0.25) is 0 Å². The Labute approximate surface area is 182 Å². The molecule has 2 aromatic heterocycles. The van der Waals surface area contributed by atoms with E-state index in [0.717, 1.165) is 26.7 Å². The van der Waals surface area contributed by atoms with Crippen molar-refractivity contribution in [3.63, 3.8) is 0 Å². The second-order valence-corrected chi connectivity index (χ2v) is 8.50. The highest BCUT2D eigenvalue weighted by Gasteiger charge is 2.09. The third kappa shape index (κ3) is 4.84. The van der Waals surface area contributed by atoms with E-state index in [-0.39, 0.29) is 5.91 Å². The molecule has 0 saturated carbocycles. The number of nitrogens with zero attached hydrogens (tertiary/aromatic N) is 3. The van der Waals surface area contributed by atoms with Gasteiger partial charge in [-0.15, -0.1) is 11.3 Å². The van der Waals surface area contributed by atoms with Gasteiger partial charge in [-0.2, -0.15) is 5.10 Å². The first-order valence-electron chi connectivity index (χ1n) is 9.11. The number of carbonyl (C=O) groups excluding carboxylic acids is 1. The Hall–Kier alpha value is -3.23. The molecule has 0 aliphatic heterocycles. The molecule has 1 amide bonds. The Morgan fingerprint density at radius 3 is 2.93 bits per heavy atom. The second-order valence-electron chi connectivity index (χ2n) is 6.25. The van der Waals surface area contributed by atoms with Crippen molar-refractivity contribution >= 4 is 45.4 Å². The highest BCUT2D eigenvalue weighted by atomic mass is 32.2. The van der Waals surface area contributed by atoms with E-state index in [1.165, 1.54) is 10.9 Å². The van der Waals surface area contributed by atoms with Gasteiger partial charge in [0.25, 0.3) is 5.91 Å². The molecule has 0 spiro atoms. The fourth-order valence-corrected chi connectivity index (χ4v) is 4.82. The van der Waals surface area contributed by atoms with Gasteiger partial charge in [-0.3, -0.25) is 9.78 Å². The van der Waals surface area contributed by atoms with Gasteiger partial charge in [0.1, 0.15) is 5.75 Å². The maximum absolute atomic E-state index is 12.0. The molecule has 0 fully saturated rings. The molecule has 0 aliphatic rings. The number of hydrogen-bond acceptors (Lipinski definition) is 7. The Morgan fingerprint density at radius 1 is 1.23 bits per heavy atom. The van der Waals surface area contributed by atoms with Crippen LogP contribution in [0.3, 0.4) is 0 Å². The molecular weight excluding hydrogens is 416 g/mol. The van der Waals surface area contributed by atoms with E-state index in [9.17, 15) is 4.79 Å². The van der Waals surface area contributed by atoms with Gasteiger partial charge in [0.2, 0.25) is 0 Å². The van der Waals surface area contributed by atoms with E-state index in [4.69, 9.17) is 4.74 Å². The van der Waals surface area contributed by atoms with E-state index in [1.807, 2.05) is 36.4 Å². The summed E-state index contributed by atoms with van der Waals surface area (Å²) in [6, 6.07) is 17.3. The van der Waals surface area contributed by atoms with E-state index in [0.29, 0.717) is 11.3 Å². The molecule has 4 aromatic rings. The Morgan fingerprint density at radius 2 is 2.13 bits per heavy atom. The molecule has 0 unspecified atom stereocenters. The summed E-state index contributed by atoms with van der Waals surface area (Å²) in [6.07, 6.45) is 4.72. The number of aromatic nitrogens is 2. The number of amides is 1. The number of benzene rings is 2. The minimum atomic E-state index is -0.306. The average Bonchev–Trinajstić information content (AvgIpc) is 3.21. The zero-order valence-corrected chi connectivity index (χ0v) is 17.7. The lowest BCUT2D eigenvalue weighted by molar-refractivity contribution is 0.0955. The number of rotatable bonds is 7. The van der Waals surface area contributed by atoms with Crippen LogP contribution in [0.4, 0.5) is 0 Å². The van der Waals surface area contributed by atoms with E-state index < -0.39 is 0 Å². The van der Waals surface area contributed by atoms with Crippen molar-refractivity contribution in [2.45, 2.75) is 10.1 Å². The smallest absolute Gasteiger partial charge is 0.272 e. The van der Waals surface area contributed by atoms with Gasteiger partial charge in [-0.1, -0.05) is 23.9 Å². The summed E-state index contributed by atoms with van der Waals surface area (Å²) < 4.78 is 7.69. The molecule has 0 bridgehead atoms. The summed E-state index contributed by atoms with van der Waals surface area (Å²) in [7, 11) is 1.66. The second kappa shape index (κ2) is 9.51. The third-order valence-electron chi connectivity index (χ3n) is 4.23. The van der Waals surface area contributed by atoms with Crippen LogP contribution in [0, 0.1) is 0 Å². The zero-order valence-electron chi connectivity index (χ0n) is 16.1. The summed E-state index contributed by atoms with van der Waals surface area (Å²) in [4.78, 5) is 20.6. The molecule has 0 atom stereocenters. The maximum atomic E-state index is 12.0. The fourth-order valence-electron chi connectivity index (χ4n) is 2.77. The van der Waals surface area contributed by atoms with Crippen molar-refractivity contribution in [1.82, 2.24) is 15.4 Å². The summed E-state index contributed by atoms with van der Waals surface area (Å²) in [5, 5.41) is 4.05. The number of carbonyl (C=O) groups is 1. The van der Waals surface area contributed by atoms with Gasteiger partial charge in [-0.25, -0.2) is 10.4 Å². The molecule has 0 aliphatic carbocycles. The molecule has 6 nitrogen and oxygen atoms in total. The molecule has 150 valence electrons. The van der Waals surface area contributed by atoms with Gasteiger partial charge in [0, 0.05) is 23.7 Å². The third-order valence-corrected chi connectivity index (χ3v) is 6.46. The predicted octanol–water partition coefficient (Wildman–Crippen LogP) is 4.76. The summed E-state index contributed by atoms with van der Waals surface area (Å²) >= 11 is 3.35. The van der Waals surface area contributed by atoms with Gasteiger partial charge in [-0.05, 0) is 48.0 Å². The van der Waals surface area contributed by atoms with Crippen molar-refractivity contribution in [3.8, 4) is 5.75 Å². The summed E-state index contributed by atoms with van der Waals surface area (Å²) in [6.45, 7) is 0. The van der Waals surface area contributed by atoms with Gasteiger partial charge < -0.3 is 4.74 Å². The quantitative estimate of drug-likeness (QED) is 0.258. The lowest BCUT2D eigenvalue weighted by atomic mass is 10.1. The van der Waals surface area contributed by atoms with Crippen LogP contribution in [-0.2, 0) is 5.75 Å². The summed E-state index contributed by atoms with van der Waals surface area (Å²) in [5.74, 6) is 1.21. The number of pyridine rings is 1. The van der Waals surface area contributed by atoms with Crippen LogP contribution in [0.25, 0.3) is 10.2 Å². The van der Waals surface area contributed by atoms with Gasteiger partial charge >= 0.3 is 0 Å². The maximum Gasteiger partial charge on any atom is 0.272 e. The highest BCUT2D eigenvalue weighted by Crippen LogP contribution is 2.33. The Kier molecular flexibility index (Phi) is 6.36. The van der Waals surface area contributed by atoms with Crippen molar-refractivity contribution in [3.05, 3.63) is 83.7 Å². The first-order valence-corrected chi connectivity index (χ1v) is 10.9. The lowest BCUT2D eigenvalue weighted by Crippen LogP contribution is -2.17. The number of nitrogens with one attached hydrogen (secondary N) is 1. The molecule has 4 rings (SSSR count). The van der Waals surface area contributed by atoms with Crippen molar-refractivity contribution in [2.24, 2.45) is 5.10 Å². The number of fused-ring (bicyclic) bond motifs is 1. The number of para-hydroxylation sites is 1. The monoisotopic (exact) mass is 434 g/mol. The van der Waals surface area contributed by atoms with Crippen LogP contribution in [0.1, 0.15) is 21.5 Å². The van der Waals surface area contributed by atoms with Crippen molar-refractivity contribution < 1.29 is 9.53 Å². The minimum absolute atomic E-state index is 0.306. The number of thioether (sulfide) groups is 1. The predicted molar refractivity (Wildman–Crippen MR) is 121 cm³/mol. The first kappa shape index (κ1) is 20.1. The highest BCUT2D eigenvalue weighted by molar-refractivity contribution is 8.00. The molecule has 30 heavy (non-hydrogen) atoms. The van der Waals surface area contributed by atoms with Crippen LogP contribution < -0.4 is 10.2 Å². The topological polar surface area (TPSA) is 76.5 Å². The van der Waals surface area contributed by atoms with Crippen molar-refractivity contribution in [1.29, 1.82) is 0 Å². The molecule has 8 heteroatoms. The number of hydrazone groups is 1. The number of methoxy groups -OCH3 is 1. The number of hydrogen-bond donors (Lipinski definition) is 1. The van der Waals surface area contributed by atoms with Crippen LogP contribution in [0.15, 0.2) is 76.4 Å². The average molecular weight is 435 g/mol. The number of thiazole rings is 1. The zero-order chi connectivity index (χ0) is 20.8. The first-order chi connectivity index (χ1) is 14.7. The molecule has 2 heterocycles. The molecule has 1 N–H and O–H groups in total. The lowest BCUT2D eigenvalue weighted by Gasteiger charge is -2.08. The SMILES string of the molecule is COc1ccc(C=NNC(=O)c2cccnc2)cc1CSc1nc2ccccc2s1. The Balaban J connectivity index is 1.44. The molecule has 0 saturated heterocycles. The standard InChI is InChI=1S/C22H18N4O2S2/c1-28-19-9-8-15(12-24-26-21(27)16-5-4-10-23-13-16)11-17(19)14-29-22-25-18-6-2-3-7-20(18)30-22/h2-13H,14H2,1H3,(H,26,27). The normalized spacial score (nSPS) is 11.1. The van der Waals surface area contributed by atoms with Crippen LogP contribution >= 0.6 is 23.1 Å². The van der Waals surface area contributed by atoms with Crippen molar-refractivity contribution in [2.75, 3.05) is 7.11 Å². The largest absolute Gasteiger partial charge is 0.496 e. The van der Waals surface area contributed by atoms with Crippen LogP contribution in [-0.4, -0.2) is 29.2 Å². The minimum Gasteiger partial charge on any atom is -0.496 e. The Bertz CT molecular complexity index is 1160. The molecule has 2 aromatic carbocycles. The van der Waals surface area contributed by atoms with E-state index >= 15 is 0 Å².